The zero-order chi connectivity index (χ0) is 19.8. The molecule has 12 heteroatoms. The minimum absolute atomic E-state index is 0.486. The average molecular weight is 386 g/mol. The van der Waals surface area contributed by atoms with Crippen LogP contribution in [0.15, 0.2) is 0 Å². The molecule has 0 bridgehead atoms. The highest BCUT2D eigenvalue weighted by atomic mass is 28.4. The highest BCUT2D eigenvalue weighted by molar-refractivity contribution is 6.75. The number of hydrogen-bond donors (Lipinski definition) is 0. The fraction of sp³-hybridized carbons (Fsp3) is 0.833. The standard InChI is InChI=1S/C12H17F7O4Si/c1-9(2,3)24(4,5)23-7(20)6-22-8(21)10(13,14)11(15,16)12(17,18)19/h6H2,1-5H3. The summed E-state index contributed by atoms with van der Waals surface area (Å²) in [7, 11) is -2.71. The van der Waals surface area contributed by atoms with Crippen LogP contribution < -0.4 is 0 Å². The lowest BCUT2D eigenvalue weighted by Gasteiger charge is -2.35. The number of halogens is 7. The number of rotatable bonds is 5. The molecule has 0 aromatic rings. The lowest BCUT2D eigenvalue weighted by molar-refractivity contribution is -0.348. The molecule has 0 rings (SSSR count). The molecule has 0 atom stereocenters. The first-order chi connectivity index (χ1) is 10.3. The van der Waals surface area contributed by atoms with Gasteiger partial charge in [-0.2, -0.15) is 30.7 Å². The Morgan fingerprint density at radius 1 is 0.917 bits per heavy atom. The third kappa shape index (κ3) is 4.60. The number of carbonyl (C=O) groups is 2. The summed E-state index contributed by atoms with van der Waals surface area (Å²) in [5.41, 5.74) is 0. The van der Waals surface area contributed by atoms with Crippen LogP contribution in [0.2, 0.25) is 18.1 Å². The summed E-state index contributed by atoms with van der Waals surface area (Å²) in [6.45, 7) is 6.82. The SMILES string of the molecule is CC(C)(C)[Si](C)(C)OC(=O)COC(=O)C(F)(F)C(F)(F)C(F)(F)F. The summed E-state index contributed by atoms with van der Waals surface area (Å²) in [6.07, 6.45) is -6.67. The summed E-state index contributed by atoms with van der Waals surface area (Å²) in [6, 6.07) is 0. The van der Waals surface area contributed by atoms with Gasteiger partial charge in [0.05, 0.1) is 0 Å². The minimum Gasteiger partial charge on any atom is -0.517 e. The zero-order valence-electron chi connectivity index (χ0n) is 13.5. The maximum absolute atomic E-state index is 13.0. The van der Waals surface area contributed by atoms with Gasteiger partial charge in [-0.05, 0) is 18.1 Å². The van der Waals surface area contributed by atoms with Crippen LogP contribution in [0.3, 0.4) is 0 Å². The average Bonchev–Trinajstić information content (AvgIpc) is 2.32. The molecule has 0 aromatic heterocycles. The summed E-state index contributed by atoms with van der Waals surface area (Å²) in [4.78, 5) is 22.3. The second-order valence-electron chi connectivity index (χ2n) is 6.46. The van der Waals surface area contributed by atoms with E-state index in [4.69, 9.17) is 4.43 Å². The van der Waals surface area contributed by atoms with E-state index in [1.165, 1.54) is 0 Å². The monoisotopic (exact) mass is 386 g/mol. The van der Waals surface area contributed by atoms with Crippen LogP contribution in [0, 0.1) is 0 Å². The van der Waals surface area contributed by atoms with Crippen LogP contribution in [-0.2, 0) is 18.8 Å². The maximum atomic E-state index is 13.0. The van der Waals surface area contributed by atoms with Crippen molar-refractivity contribution in [3.63, 3.8) is 0 Å². The molecule has 0 aliphatic rings. The van der Waals surface area contributed by atoms with Crippen LogP contribution in [0.5, 0.6) is 0 Å². The van der Waals surface area contributed by atoms with E-state index in [2.05, 4.69) is 4.74 Å². The molecule has 24 heavy (non-hydrogen) atoms. The molecular formula is C12H17F7O4Si. The van der Waals surface area contributed by atoms with Crippen molar-refractivity contribution in [2.75, 3.05) is 6.61 Å². The lowest BCUT2D eigenvalue weighted by atomic mass is 10.1. The van der Waals surface area contributed by atoms with E-state index in [1.807, 2.05) is 0 Å². The predicted molar refractivity (Wildman–Crippen MR) is 70.2 cm³/mol. The Labute approximate surface area is 134 Å². The van der Waals surface area contributed by atoms with Gasteiger partial charge in [-0.15, -0.1) is 0 Å². The van der Waals surface area contributed by atoms with Gasteiger partial charge in [0.25, 0.3) is 8.32 Å². The van der Waals surface area contributed by atoms with Gasteiger partial charge in [0.2, 0.25) is 0 Å². The Bertz CT molecular complexity index is 495. The highest BCUT2D eigenvalue weighted by Gasteiger charge is 2.77. The van der Waals surface area contributed by atoms with E-state index >= 15 is 0 Å². The number of alkyl halides is 7. The van der Waals surface area contributed by atoms with Crippen molar-refractivity contribution < 1.29 is 49.5 Å². The number of carbonyl (C=O) groups excluding carboxylic acids is 2. The first kappa shape index (κ1) is 22.7. The van der Waals surface area contributed by atoms with Crippen LogP contribution in [-0.4, -0.2) is 44.9 Å². The van der Waals surface area contributed by atoms with E-state index in [0.717, 1.165) is 0 Å². The van der Waals surface area contributed by atoms with E-state index in [1.54, 1.807) is 33.9 Å². The Balaban J connectivity index is 4.95. The molecule has 0 aliphatic carbocycles. The molecule has 0 spiro atoms. The fourth-order valence-electron chi connectivity index (χ4n) is 0.988. The first-order valence-electron chi connectivity index (χ1n) is 6.49. The van der Waals surface area contributed by atoms with Gasteiger partial charge in [0.1, 0.15) is 0 Å². The normalized spacial score (nSPS) is 14.3. The summed E-state index contributed by atoms with van der Waals surface area (Å²) >= 11 is 0. The van der Waals surface area contributed by atoms with Gasteiger partial charge in [-0.3, -0.25) is 0 Å². The molecule has 0 aromatic carbocycles. The second kappa shape index (κ2) is 6.52. The molecule has 0 heterocycles. The third-order valence-corrected chi connectivity index (χ3v) is 7.85. The van der Waals surface area contributed by atoms with Crippen molar-refractivity contribution in [2.45, 2.75) is 56.9 Å². The van der Waals surface area contributed by atoms with Gasteiger partial charge in [-0.25, -0.2) is 9.59 Å². The highest BCUT2D eigenvalue weighted by Crippen LogP contribution is 2.47. The van der Waals surface area contributed by atoms with E-state index in [9.17, 15) is 40.3 Å². The van der Waals surface area contributed by atoms with Crippen molar-refractivity contribution in [1.29, 1.82) is 0 Å². The largest absolute Gasteiger partial charge is 0.517 e. The topological polar surface area (TPSA) is 52.6 Å². The molecule has 142 valence electrons. The smallest absolute Gasteiger partial charge is 0.460 e. The second-order valence-corrected chi connectivity index (χ2v) is 11.2. The van der Waals surface area contributed by atoms with E-state index < -0.39 is 49.9 Å². The van der Waals surface area contributed by atoms with Gasteiger partial charge in [0.15, 0.2) is 6.61 Å². The van der Waals surface area contributed by atoms with Crippen LogP contribution in [0.25, 0.3) is 0 Å². The molecule has 0 saturated heterocycles. The van der Waals surface area contributed by atoms with Gasteiger partial charge in [0, 0.05) is 0 Å². The molecule has 4 nitrogen and oxygen atoms in total. The van der Waals surface area contributed by atoms with Gasteiger partial charge in [-0.1, -0.05) is 20.8 Å². The molecule has 0 fully saturated rings. The lowest BCUT2D eigenvalue weighted by Crippen LogP contribution is -2.57. The quantitative estimate of drug-likeness (QED) is 0.408. The van der Waals surface area contributed by atoms with Crippen LogP contribution >= 0.6 is 0 Å². The Morgan fingerprint density at radius 2 is 1.33 bits per heavy atom. The zero-order valence-corrected chi connectivity index (χ0v) is 14.5. The van der Waals surface area contributed by atoms with Gasteiger partial charge < -0.3 is 9.16 Å². The molecule has 0 saturated carbocycles. The molecule has 0 radical (unpaired) electrons. The van der Waals surface area contributed by atoms with Crippen LogP contribution in [0.1, 0.15) is 20.8 Å². The Kier molecular flexibility index (Phi) is 6.16. The summed E-state index contributed by atoms with van der Waals surface area (Å²) < 4.78 is 95.5. The molecule has 0 amide bonds. The van der Waals surface area contributed by atoms with Crippen molar-refractivity contribution in [2.24, 2.45) is 0 Å². The molecular weight excluding hydrogens is 369 g/mol. The number of hydrogen-bond acceptors (Lipinski definition) is 4. The maximum Gasteiger partial charge on any atom is 0.460 e. The van der Waals surface area contributed by atoms with Crippen LogP contribution in [0.4, 0.5) is 30.7 Å². The third-order valence-electron chi connectivity index (χ3n) is 3.50. The Morgan fingerprint density at radius 3 is 1.67 bits per heavy atom. The first-order valence-corrected chi connectivity index (χ1v) is 9.39. The predicted octanol–water partition coefficient (Wildman–Crippen LogP) is 3.91. The van der Waals surface area contributed by atoms with Crippen molar-refractivity contribution in [3.8, 4) is 0 Å². The van der Waals surface area contributed by atoms with Gasteiger partial charge >= 0.3 is 30.0 Å². The minimum atomic E-state index is -6.67. The fourth-order valence-corrected chi connectivity index (χ4v) is 1.92. The summed E-state index contributed by atoms with van der Waals surface area (Å²) in [5.74, 6) is -17.3. The van der Waals surface area contributed by atoms with Crippen molar-refractivity contribution >= 4 is 20.3 Å². The summed E-state index contributed by atoms with van der Waals surface area (Å²) in [5, 5.41) is -0.486. The Hall–Kier alpha value is -1.33. The number of esters is 1. The van der Waals surface area contributed by atoms with E-state index in [-0.39, 0.29) is 0 Å². The van der Waals surface area contributed by atoms with Crippen molar-refractivity contribution in [1.82, 2.24) is 0 Å². The number of ether oxygens (including phenoxy) is 1. The van der Waals surface area contributed by atoms with Crippen molar-refractivity contribution in [3.05, 3.63) is 0 Å². The molecule has 0 unspecified atom stereocenters. The molecule has 0 N–H and O–H groups in total. The molecule has 0 aliphatic heterocycles. The van der Waals surface area contributed by atoms with E-state index in [0.29, 0.717) is 0 Å².